The molecule has 2 rings (SSSR count). The average molecular weight is 208 g/mol. The Bertz CT molecular complexity index is 320. The quantitative estimate of drug-likeness (QED) is 0.695. The Kier molecular flexibility index (Phi) is 3.23. The van der Waals surface area contributed by atoms with Crippen LogP contribution in [-0.2, 0) is 9.47 Å². The minimum Gasteiger partial charge on any atom is -0.497 e. The molecule has 3 heteroatoms. The van der Waals surface area contributed by atoms with Crippen molar-refractivity contribution < 1.29 is 14.2 Å². The molecule has 0 radical (unpaired) electrons. The van der Waals surface area contributed by atoms with Gasteiger partial charge in [0.1, 0.15) is 11.9 Å². The Morgan fingerprint density at radius 2 is 2.33 bits per heavy atom. The molecule has 1 saturated heterocycles. The van der Waals surface area contributed by atoms with Crippen LogP contribution in [0, 0.1) is 0 Å². The van der Waals surface area contributed by atoms with Gasteiger partial charge < -0.3 is 14.2 Å². The van der Waals surface area contributed by atoms with Crippen LogP contribution in [0.2, 0.25) is 0 Å². The van der Waals surface area contributed by atoms with Crippen molar-refractivity contribution in [3.05, 3.63) is 29.8 Å². The second-order valence-corrected chi connectivity index (χ2v) is 3.71. The van der Waals surface area contributed by atoms with E-state index in [2.05, 4.69) is 0 Å². The van der Waals surface area contributed by atoms with E-state index in [0.717, 1.165) is 17.9 Å². The Labute approximate surface area is 90.0 Å². The summed E-state index contributed by atoms with van der Waals surface area (Å²) in [7, 11) is 1.67. The van der Waals surface area contributed by atoms with Crippen molar-refractivity contribution in [1.82, 2.24) is 0 Å². The molecule has 0 bridgehead atoms. The molecule has 1 aliphatic rings. The van der Waals surface area contributed by atoms with Crippen molar-refractivity contribution >= 4 is 0 Å². The molecule has 15 heavy (non-hydrogen) atoms. The van der Waals surface area contributed by atoms with Gasteiger partial charge in [-0.2, -0.15) is 0 Å². The average Bonchev–Trinajstić information content (AvgIpc) is 3.10. The number of methoxy groups -OCH3 is 1. The number of benzene rings is 1. The van der Waals surface area contributed by atoms with E-state index in [-0.39, 0.29) is 6.10 Å². The lowest BCUT2D eigenvalue weighted by molar-refractivity contribution is 0.0538. The maximum Gasteiger partial charge on any atom is 0.119 e. The van der Waals surface area contributed by atoms with Crippen LogP contribution in [0.1, 0.15) is 18.6 Å². The molecule has 0 aliphatic carbocycles. The highest BCUT2D eigenvalue weighted by Crippen LogP contribution is 2.22. The Morgan fingerprint density at radius 3 is 3.00 bits per heavy atom. The highest BCUT2D eigenvalue weighted by Gasteiger charge is 2.23. The van der Waals surface area contributed by atoms with Crippen LogP contribution in [0.15, 0.2) is 24.3 Å². The molecular formula is C12H16O3. The lowest BCUT2D eigenvalue weighted by Crippen LogP contribution is -2.06. The summed E-state index contributed by atoms with van der Waals surface area (Å²) in [6, 6.07) is 7.95. The lowest BCUT2D eigenvalue weighted by Gasteiger charge is -2.13. The summed E-state index contributed by atoms with van der Waals surface area (Å²) in [4.78, 5) is 0. The van der Waals surface area contributed by atoms with Gasteiger partial charge >= 0.3 is 0 Å². The molecule has 0 aromatic heterocycles. The summed E-state index contributed by atoms with van der Waals surface area (Å²) < 4.78 is 15.9. The minimum absolute atomic E-state index is 0.0873. The van der Waals surface area contributed by atoms with Crippen LogP contribution in [0.5, 0.6) is 5.75 Å². The van der Waals surface area contributed by atoms with Crippen LogP contribution >= 0.6 is 0 Å². The molecule has 82 valence electrons. The van der Waals surface area contributed by atoms with Crippen LogP contribution in [0.4, 0.5) is 0 Å². The van der Waals surface area contributed by atoms with Crippen molar-refractivity contribution in [3.63, 3.8) is 0 Å². The summed E-state index contributed by atoms with van der Waals surface area (Å²) >= 11 is 0. The summed E-state index contributed by atoms with van der Waals surface area (Å²) in [5.41, 5.74) is 1.13. The molecule has 1 heterocycles. The molecule has 1 fully saturated rings. The maximum absolute atomic E-state index is 5.67. The Morgan fingerprint density at radius 1 is 1.53 bits per heavy atom. The molecule has 1 aromatic carbocycles. The van der Waals surface area contributed by atoms with E-state index >= 15 is 0 Å². The van der Waals surface area contributed by atoms with E-state index in [0.29, 0.717) is 12.7 Å². The lowest BCUT2D eigenvalue weighted by atomic mass is 10.1. The first-order valence-electron chi connectivity index (χ1n) is 5.17. The predicted octanol–water partition coefficient (Wildman–Crippen LogP) is 2.17. The summed E-state index contributed by atoms with van der Waals surface area (Å²) in [5, 5.41) is 0. The highest BCUT2D eigenvalue weighted by molar-refractivity contribution is 5.29. The van der Waals surface area contributed by atoms with Crippen LogP contribution < -0.4 is 4.74 Å². The second-order valence-electron chi connectivity index (χ2n) is 3.71. The van der Waals surface area contributed by atoms with Crippen LogP contribution in [0.25, 0.3) is 0 Å². The van der Waals surface area contributed by atoms with Gasteiger partial charge in [0.2, 0.25) is 0 Å². The molecule has 1 aromatic rings. The molecule has 0 N–H and O–H groups in total. The molecule has 3 nitrogen and oxygen atoms in total. The van der Waals surface area contributed by atoms with Gasteiger partial charge in [0.05, 0.1) is 26.4 Å². The van der Waals surface area contributed by atoms with E-state index < -0.39 is 0 Å². The first kappa shape index (κ1) is 10.5. The van der Waals surface area contributed by atoms with E-state index in [4.69, 9.17) is 14.2 Å². The van der Waals surface area contributed by atoms with Crippen molar-refractivity contribution in [2.45, 2.75) is 19.1 Å². The highest BCUT2D eigenvalue weighted by atomic mass is 16.6. The fourth-order valence-electron chi connectivity index (χ4n) is 1.41. The molecule has 1 aliphatic heterocycles. The van der Waals surface area contributed by atoms with E-state index in [1.807, 2.05) is 31.2 Å². The molecule has 0 saturated carbocycles. The third kappa shape index (κ3) is 2.94. The fourth-order valence-corrected chi connectivity index (χ4v) is 1.41. The van der Waals surface area contributed by atoms with Gasteiger partial charge in [0.25, 0.3) is 0 Å². The molecule has 0 spiro atoms. The minimum atomic E-state index is 0.0873. The van der Waals surface area contributed by atoms with Gasteiger partial charge in [-0.25, -0.2) is 0 Å². The molecule has 0 amide bonds. The summed E-state index contributed by atoms with van der Waals surface area (Å²) in [6.45, 7) is 3.56. The van der Waals surface area contributed by atoms with Gasteiger partial charge in [-0.1, -0.05) is 12.1 Å². The van der Waals surface area contributed by atoms with Gasteiger partial charge in [-0.15, -0.1) is 0 Å². The van der Waals surface area contributed by atoms with Gasteiger partial charge in [-0.05, 0) is 24.6 Å². The first-order chi connectivity index (χ1) is 7.29. The van der Waals surface area contributed by atoms with E-state index in [1.165, 1.54) is 0 Å². The normalized spacial score (nSPS) is 21.1. The molecule has 2 atom stereocenters. The second kappa shape index (κ2) is 4.64. The number of epoxide rings is 1. The molecular weight excluding hydrogens is 192 g/mol. The zero-order chi connectivity index (χ0) is 10.7. The third-order valence-electron chi connectivity index (χ3n) is 2.50. The number of ether oxygens (including phenoxy) is 3. The number of rotatable bonds is 5. The van der Waals surface area contributed by atoms with Crippen molar-refractivity contribution in [2.24, 2.45) is 0 Å². The zero-order valence-electron chi connectivity index (χ0n) is 9.10. The zero-order valence-corrected chi connectivity index (χ0v) is 9.10. The Hall–Kier alpha value is -1.06. The number of hydrogen-bond acceptors (Lipinski definition) is 3. The third-order valence-corrected chi connectivity index (χ3v) is 2.50. The SMILES string of the molecule is COc1cccc([C@H](C)OC[C@H]2CO2)c1. The van der Waals surface area contributed by atoms with Crippen molar-refractivity contribution in [3.8, 4) is 5.75 Å². The number of hydrogen-bond donors (Lipinski definition) is 0. The van der Waals surface area contributed by atoms with Crippen molar-refractivity contribution in [2.75, 3.05) is 20.3 Å². The van der Waals surface area contributed by atoms with E-state index in [9.17, 15) is 0 Å². The first-order valence-corrected chi connectivity index (χ1v) is 5.17. The van der Waals surface area contributed by atoms with E-state index in [1.54, 1.807) is 7.11 Å². The predicted molar refractivity (Wildman–Crippen MR) is 57.1 cm³/mol. The summed E-state index contributed by atoms with van der Waals surface area (Å²) in [5.74, 6) is 0.866. The maximum atomic E-state index is 5.67. The topological polar surface area (TPSA) is 31.0 Å². The van der Waals surface area contributed by atoms with Gasteiger partial charge in [-0.3, -0.25) is 0 Å². The van der Waals surface area contributed by atoms with Crippen molar-refractivity contribution in [1.29, 1.82) is 0 Å². The van der Waals surface area contributed by atoms with Crippen LogP contribution in [0.3, 0.4) is 0 Å². The van der Waals surface area contributed by atoms with Gasteiger partial charge in [0.15, 0.2) is 0 Å². The largest absolute Gasteiger partial charge is 0.497 e. The summed E-state index contributed by atoms with van der Waals surface area (Å²) in [6.07, 6.45) is 0.405. The smallest absolute Gasteiger partial charge is 0.119 e. The van der Waals surface area contributed by atoms with Gasteiger partial charge in [0, 0.05) is 0 Å². The van der Waals surface area contributed by atoms with Crippen LogP contribution in [-0.4, -0.2) is 26.4 Å². The molecule has 0 unspecified atom stereocenters. The Balaban J connectivity index is 1.93. The monoisotopic (exact) mass is 208 g/mol. The standard InChI is InChI=1S/C12H16O3/c1-9(14-7-12-8-15-12)10-4-3-5-11(6-10)13-2/h3-6,9,12H,7-8H2,1-2H3/t9-,12-/m0/s1. The fraction of sp³-hybridized carbons (Fsp3) is 0.500.